The predicted octanol–water partition coefficient (Wildman–Crippen LogP) is 12.0. The van der Waals surface area contributed by atoms with Crippen molar-refractivity contribution in [2.24, 2.45) is 0 Å². The lowest BCUT2D eigenvalue weighted by atomic mass is 9.84. The van der Waals surface area contributed by atoms with E-state index in [4.69, 9.17) is 11.3 Å². The molecule has 8 aromatic carbocycles. The predicted molar refractivity (Wildman–Crippen MR) is 183 cm³/mol. The van der Waals surface area contributed by atoms with E-state index in [0.29, 0.717) is 5.56 Å². The van der Waals surface area contributed by atoms with E-state index in [2.05, 4.69) is 30.3 Å². The largest absolute Gasteiger partial charge is 0.456 e. The maximum atomic E-state index is 9.39. The fraction of sp³-hybridized carbons (Fsp3) is 0. The van der Waals surface area contributed by atoms with Gasteiger partial charge in [-0.15, -0.1) is 0 Å². The molecule has 0 aliphatic carbocycles. The summed E-state index contributed by atoms with van der Waals surface area (Å²) in [5, 5.41) is 5.06. The second-order valence-corrected chi connectivity index (χ2v) is 10.7. The Morgan fingerprint density at radius 1 is 0.442 bits per heavy atom. The van der Waals surface area contributed by atoms with Crippen molar-refractivity contribution in [3.63, 3.8) is 0 Å². The summed E-state index contributed by atoms with van der Waals surface area (Å²) in [6, 6.07) is 35.7. The van der Waals surface area contributed by atoms with Gasteiger partial charge in [0, 0.05) is 10.8 Å². The third-order valence-electron chi connectivity index (χ3n) is 8.30. The SMILES string of the molecule is [2H]c1c([2H])c([2H])c2c([2H])c(-c3c4ccccc4c(-c4cccc5oc6ccc(-c7ccccc7)cc6c45)c4ccccc34)c([2H])c([2H])c2c1[2H]. The molecule has 0 N–H and O–H groups in total. The van der Waals surface area contributed by atoms with Gasteiger partial charge in [0.2, 0.25) is 0 Å². The second-order valence-electron chi connectivity index (χ2n) is 10.7. The van der Waals surface area contributed by atoms with E-state index in [-0.39, 0.29) is 40.5 Å². The lowest BCUT2D eigenvalue weighted by Gasteiger charge is -2.18. The Labute approximate surface area is 259 Å². The molecular formula is C42H26O. The molecule has 1 heterocycles. The fourth-order valence-corrected chi connectivity index (χ4v) is 6.44. The van der Waals surface area contributed by atoms with Crippen LogP contribution in [-0.2, 0) is 0 Å². The van der Waals surface area contributed by atoms with E-state index in [9.17, 15) is 2.74 Å². The highest BCUT2D eigenvalue weighted by Crippen LogP contribution is 2.47. The van der Waals surface area contributed by atoms with E-state index in [1.165, 1.54) is 0 Å². The topological polar surface area (TPSA) is 13.1 Å². The number of furan rings is 1. The van der Waals surface area contributed by atoms with E-state index in [1.807, 2.05) is 84.9 Å². The van der Waals surface area contributed by atoms with Crippen molar-refractivity contribution in [3.05, 3.63) is 158 Å². The molecule has 0 atom stereocenters. The van der Waals surface area contributed by atoms with E-state index < -0.39 is 18.1 Å². The van der Waals surface area contributed by atoms with Crippen LogP contribution in [0.15, 0.2) is 162 Å². The van der Waals surface area contributed by atoms with Crippen LogP contribution in [0, 0.1) is 0 Å². The first-order valence-corrected chi connectivity index (χ1v) is 14.2. The van der Waals surface area contributed by atoms with Gasteiger partial charge in [0.1, 0.15) is 11.2 Å². The van der Waals surface area contributed by atoms with Gasteiger partial charge in [-0.05, 0) is 89.9 Å². The first-order valence-electron chi connectivity index (χ1n) is 17.7. The van der Waals surface area contributed by atoms with Gasteiger partial charge in [0.25, 0.3) is 0 Å². The number of fused-ring (bicyclic) bond motifs is 6. The lowest BCUT2D eigenvalue weighted by Crippen LogP contribution is -1.91. The summed E-state index contributed by atoms with van der Waals surface area (Å²) in [6.07, 6.45) is 0. The van der Waals surface area contributed by atoms with Crippen LogP contribution in [0.2, 0.25) is 0 Å². The molecule has 0 bridgehead atoms. The number of benzene rings is 8. The Kier molecular flexibility index (Phi) is 3.95. The maximum absolute atomic E-state index is 9.39. The molecule has 0 saturated heterocycles. The van der Waals surface area contributed by atoms with E-state index >= 15 is 0 Å². The molecule has 43 heavy (non-hydrogen) atoms. The fourth-order valence-electron chi connectivity index (χ4n) is 6.44. The Morgan fingerprint density at radius 2 is 1.12 bits per heavy atom. The van der Waals surface area contributed by atoms with Gasteiger partial charge < -0.3 is 4.42 Å². The van der Waals surface area contributed by atoms with Crippen molar-refractivity contribution in [1.29, 1.82) is 0 Å². The standard InChI is InChI=1S/C42H26O/c1-2-11-27(12-3-1)30-23-24-38-37(26-30)42-36(19-10-20-39(42)43-38)41-34-17-8-6-15-32(34)40(33-16-7-9-18-35(33)41)31-22-21-28-13-4-5-14-29(28)25-31/h1-26H/i4D,5D,13D,14D,21D,22D,25D. The van der Waals surface area contributed by atoms with Gasteiger partial charge >= 0.3 is 0 Å². The zero-order valence-electron chi connectivity index (χ0n) is 29.9. The summed E-state index contributed by atoms with van der Waals surface area (Å²) in [5.74, 6) is 0. The van der Waals surface area contributed by atoms with Crippen LogP contribution in [0.25, 0.3) is 87.6 Å². The number of rotatable bonds is 3. The van der Waals surface area contributed by atoms with Gasteiger partial charge in [-0.3, -0.25) is 0 Å². The summed E-state index contributed by atoms with van der Waals surface area (Å²) < 4.78 is 67.7. The summed E-state index contributed by atoms with van der Waals surface area (Å²) in [5.41, 5.74) is 6.38. The van der Waals surface area contributed by atoms with Crippen molar-refractivity contribution < 1.29 is 14.0 Å². The minimum absolute atomic E-state index is 0.0620. The molecule has 1 aromatic heterocycles. The second kappa shape index (κ2) is 9.44. The van der Waals surface area contributed by atoms with Gasteiger partial charge in [-0.2, -0.15) is 0 Å². The third kappa shape index (κ3) is 3.72. The Bertz CT molecular complexity index is 2840. The molecule has 0 aliphatic rings. The highest BCUT2D eigenvalue weighted by Gasteiger charge is 2.20. The highest BCUT2D eigenvalue weighted by molar-refractivity contribution is 6.26. The average Bonchev–Trinajstić information content (AvgIpc) is 3.53. The molecule has 1 nitrogen and oxygen atoms in total. The molecule has 0 aliphatic heterocycles. The van der Waals surface area contributed by atoms with Gasteiger partial charge in [0.05, 0.1) is 9.60 Å². The molecule has 200 valence electrons. The van der Waals surface area contributed by atoms with Crippen molar-refractivity contribution in [2.45, 2.75) is 0 Å². The summed E-state index contributed by atoms with van der Waals surface area (Å²) in [7, 11) is 0. The summed E-state index contributed by atoms with van der Waals surface area (Å²) in [6.45, 7) is 0. The monoisotopic (exact) mass is 553 g/mol. The maximum Gasteiger partial charge on any atom is 0.136 e. The third-order valence-corrected chi connectivity index (χ3v) is 8.30. The molecule has 1 heteroatoms. The minimum atomic E-state index is -0.486. The summed E-state index contributed by atoms with van der Waals surface area (Å²) >= 11 is 0. The Balaban J connectivity index is 1.42. The van der Waals surface area contributed by atoms with Crippen molar-refractivity contribution in [2.75, 3.05) is 0 Å². The van der Waals surface area contributed by atoms with Crippen LogP contribution in [0.5, 0.6) is 0 Å². The zero-order valence-corrected chi connectivity index (χ0v) is 22.9. The lowest BCUT2D eigenvalue weighted by molar-refractivity contribution is 0.669. The van der Waals surface area contributed by atoms with E-state index in [0.717, 1.165) is 65.7 Å². The van der Waals surface area contributed by atoms with Crippen LogP contribution >= 0.6 is 0 Å². The highest BCUT2D eigenvalue weighted by atomic mass is 16.3. The molecule has 0 saturated carbocycles. The van der Waals surface area contributed by atoms with Gasteiger partial charge in [-0.25, -0.2) is 0 Å². The van der Waals surface area contributed by atoms with E-state index in [1.54, 1.807) is 0 Å². The van der Waals surface area contributed by atoms with Crippen molar-refractivity contribution in [1.82, 2.24) is 0 Å². The normalized spacial score (nSPS) is 14.0. The molecule has 0 amide bonds. The van der Waals surface area contributed by atoms with Crippen LogP contribution in [-0.4, -0.2) is 0 Å². The molecule has 9 rings (SSSR count). The average molecular weight is 554 g/mol. The smallest absolute Gasteiger partial charge is 0.136 e. The quantitative estimate of drug-likeness (QED) is 0.198. The van der Waals surface area contributed by atoms with Crippen LogP contribution in [0.3, 0.4) is 0 Å². The molecule has 0 fully saturated rings. The first kappa shape index (κ1) is 18.0. The van der Waals surface area contributed by atoms with Crippen LogP contribution in [0.4, 0.5) is 0 Å². The summed E-state index contributed by atoms with van der Waals surface area (Å²) in [4.78, 5) is 0. The van der Waals surface area contributed by atoms with Gasteiger partial charge in [0.15, 0.2) is 0 Å². The minimum Gasteiger partial charge on any atom is -0.456 e. The zero-order chi connectivity index (χ0) is 34.4. The molecule has 9 aromatic rings. The molecule has 0 radical (unpaired) electrons. The van der Waals surface area contributed by atoms with Crippen LogP contribution in [0.1, 0.15) is 9.60 Å². The molecular weight excluding hydrogens is 520 g/mol. The molecule has 0 spiro atoms. The van der Waals surface area contributed by atoms with Crippen LogP contribution < -0.4 is 0 Å². The number of hydrogen-bond donors (Lipinski definition) is 0. The van der Waals surface area contributed by atoms with Gasteiger partial charge in [-0.1, -0.05) is 133 Å². The van der Waals surface area contributed by atoms with Crippen molar-refractivity contribution in [3.8, 4) is 33.4 Å². The Morgan fingerprint density at radius 3 is 1.86 bits per heavy atom. The first-order chi connectivity index (χ1) is 24.3. The van der Waals surface area contributed by atoms with Crippen molar-refractivity contribution >= 4 is 54.3 Å². The number of hydrogen-bond acceptors (Lipinski definition) is 1. The Hall–Kier alpha value is -5.66. The molecule has 0 unspecified atom stereocenters.